The van der Waals surface area contributed by atoms with E-state index in [4.69, 9.17) is 4.74 Å². The van der Waals surface area contributed by atoms with Gasteiger partial charge in [-0.05, 0) is 38.0 Å². The van der Waals surface area contributed by atoms with E-state index in [1.807, 2.05) is 42.4 Å². The van der Waals surface area contributed by atoms with Gasteiger partial charge in [-0.3, -0.25) is 4.79 Å². The van der Waals surface area contributed by atoms with E-state index in [0.717, 1.165) is 48.9 Å². The Morgan fingerprint density at radius 2 is 2.12 bits per heavy atom. The third-order valence-corrected chi connectivity index (χ3v) is 5.07. The van der Waals surface area contributed by atoms with Gasteiger partial charge >= 0.3 is 0 Å². The Bertz CT molecular complexity index is 751. The molecular formula is C19H24N4O2. The van der Waals surface area contributed by atoms with Gasteiger partial charge in [-0.2, -0.15) is 0 Å². The molecule has 0 saturated carbocycles. The highest BCUT2D eigenvalue weighted by atomic mass is 16.5. The number of pyridine rings is 1. The number of nitrogens with zero attached hydrogens (tertiary/aromatic N) is 3. The zero-order valence-electron chi connectivity index (χ0n) is 14.6. The maximum atomic E-state index is 12.6. The van der Waals surface area contributed by atoms with E-state index >= 15 is 0 Å². The number of rotatable bonds is 4. The zero-order chi connectivity index (χ0) is 17.2. The van der Waals surface area contributed by atoms with E-state index < -0.39 is 0 Å². The van der Waals surface area contributed by atoms with Crippen molar-refractivity contribution in [3.63, 3.8) is 0 Å². The van der Waals surface area contributed by atoms with E-state index in [0.29, 0.717) is 6.54 Å². The van der Waals surface area contributed by atoms with Gasteiger partial charge in [-0.15, -0.1) is 0 Å². The molecule has 6 nitrogen and oxygen atoms in total. The van der Waals surface area contributed by atoms with E-state index in [2.05, 4.69) is 14.9 Å². The Morgan fingerprint density at radius 3 is 2.88 bits per heavy atom. The van der Waals surface area contributed by atoms with Crippen LogP contribution < -0.4 is 9.64 Å². The Labute approximate surface area is 147 Å². The molecule has 132 valence electrons. The highest BCUT2D eigenvalue weighted by Crippen LogP contribution is 2.30. The molecule has 1 atom stereocenters. The first-order valence-electron chi connectivity index (χ1n) is 9.02. The summed E-state index contributed by atoms with van der Waals surface area (Å²) >= 11 is 0. The lowest BCUT2D eigenvalue weighted by Crippen LogP contribution is -2.31. The van der Waals surface area contributed by atoms with Crippen LogP contribution in [0.2, 0.25) is 0 Å². The molecule has 1 amide bonds. The molecule has 2 aliphatic heterocycles. The van der Waals surface area contributed by atoms with Crippen LogP contribution in [0, 0.1) is 6.92 Å². The number of carbonyl (C=O) groups excluding carboxylic acids is 1. The SMILES string of the molecule is Cc1[nH]ccc1C(=O)N1CCC(Oc2cccnc2N2CCCC2)C1. The van der Waals surface area contributed by atoms with Gasteiger partial charge in [-0.25, -0.2) is 4.98 Å². The second-order valence-electron chi connectivity index (χ2n) is 6.82. The molecule has 0 radical (unpaired) electrons. The fourth-order valence-corrected chi connectivity index (χ4v) is 3.68. The van der Waals surface area contributed by atoms with E-state index in [1.54, 1.807) is 0 Å². The zero-order valence-corrected chi connectivity index (χ0v) is 14.6. The molecule has 2 fully saturated rings. The Morgan fingerprint density at radius 1 is 1.28 bits per heavy atom. The van der Waals surface area contributed by atoms with Gasteiger partial charge in [0.25, 0.3) is 5.91 Å². The van der Waals surface area contributed by atoms with Crippen LogP contribution in [0.4, 0.5) is 5.82 Å². The van der Waals surface area contributed by atoms with Crippen LogP contribution in [0.15, 0.2) is 30.6 Å². The lowest BCUT2D eigenvalue weighted by molar-refractivity contribution is 0.0772. The van der Waals surface area contributed by atoms with Crippen molar-refractivity contribution in [2.75, 3.05) is 31.1 Å². The van der Waals surface area contributed by atoms with Gasteiger partial charge < -0.3 is 19.5 Å². The van der Waals surface area contributed by atoms with Crippen LogP contribution in [-0.2, 0) is 0 Å². The van der Waals surface area contributed by atoms with Crippen LogP contribution in [0.3, 0.4) is 0 Å². The number of hydrogen-bond donors (Lipinski definition) is 1. The van der Waals surface area contributed by atoms with Crippen molar-refractivity contribution >= 4 is 11.7 Å². The number of aromatic nitrogens is 2. The molecule has 0 aromatic carbocycles. The number of aromatic amines is 1. The fraction of sp³-hybridized carbons (Fsp3) is 0.474. The number of anilines is 1. The van der Waals surface area contributed by atoms with Crippen molar-refractivity contribution < 1.29 is 9.53 Å². The molecule has 2 aromatic heterocycles. The van der Waals surface area contributed by atoms with Gasteiger partial charge in [0.15, 0.2) is 11.6 Å². The summed E-state index contributed by atoms with van der Waals surface area (Å²) in [5.41, 5.74) is 1.66. The quantitative estimate of drug-likeness (QED) is 0.929. The topological polar surface area (TPSA) is 61.5 Å². The molecule has 25 heavy (non-hydrogen) atoms. The van der Waals surface area contributed by atoms with Crippen LogP contribution in [0.1, 0.15) is 35.3 Å². The monoisotopic (exact) mass is 340 g/mol. The van der Waals surface area contributed by atoms with Crippen LogP contribution in [0.5, 0.6) is 5.75 Å². The summed E-state index contributed by atoms with van der Waals surface area (Å²) in [7, 11) is 0. The molecule has 6 heteroatoms. The number of nitrogens with one attached hydrogen (secondary N) is 1. The first-order chi connectivity index (χ1) is 12.2. The van der Waals surface area contributed by atoms with Crippen molar-refractivity contribution in [2.45, 2.75) is 32.3 Å². The number of likely N-dealkylation sites (tertiary alicyclic amines) is 1. The van der Waals surface area contributed by atoms with E-state index in [-0.39, 0.29) is 12.0 Å². The standard InChI is InChI=1S/C19H24N4O2/c1-14-16(6-9-20-14)19(24)23-12-7-15(13-23)25-17-5-4-8-21-18(17)22-10-2-3-11-22/h4-6,8-9,15,20H,2-3,7,10-13H2,1H3. The second kappa shape index (κ2) is 6.78. The molecule has 2 aromatic rings. The fourth-order valence-electron chi connectivity index (χ4n) is 3.68. The average molecular weight is 340 g/mol. The summed E-state index contributed by atoms with van der Waals surface area (Å²) in [4.78, 5) is 24.4. The number of H-pyrrole nitrogens is 1. The highest BCUT2D eigenvalue weighted by molar-refractivity contribution is 5.95. The largest absolute Gasteiger partial charge is 0.485 e. The second-order valence-corrected chi connectivity index (χ2v) is 6.82. The maximum Gasteiger partial charge on any atom is 0.255 e. The van der Waals surface area contributed by atoms with Gasteiger partial charge in [0.05, 0.1) is 12.1 Å². The molecule has 0 bridgehead atoms. The predicted molar refractivity (Wildman–Crippen MR) is 96.2 cm³/mol. The molecule has 1 N–H and O–H groups in total. The predicted octanol–water partition coefficient (Wildman–Crippen LogP) is 2.61. The van der Waals surface area contributed by atoms with Gasteiger partial charge in [0.2, 0.25) is 0 Å². The summed E-state index contributed by atoms with van der Waals surface area (Å²) in [6.45, 7) is 5.35. The molecule has 1 unspecified atom stereocenters. The normalized spacial score (nSPS) is 20.3. The number of amides is 1. The minimum atomic E-state index is 0.0220. The molecule has 2 saturated heterocycles. The van der Waals surface area contributed by atoms with Gasteiger partial charge in [-0.1, -0.05) is 0 Å². The maximum absolute atomic E-state index is 12.6. The molecule has 4 heterocycles. The Kier molecular flexibility index (Phi) is 4.34. The third-order valence-electron chi connectivity index (χ3n) is 5.07. The summed E-state index contributed by atoms with van der Waals surface area (Å²) in [5.74, 6) is 1.85. The number of aryl methyl sites for hydroxylation is 1. The smallest absolute Gasteiger partial charge is 0.255 e. The highest BCUT2D eigenvalue weighted by Gasteiger charge is 2.30. The summed E-state index contributed by atoms with van der Waals surface area (Å²) in [5, 5.41) is 0. The lowest BCUT2D eigenvalue weighted by atomic mass is 10.2. The number of hydrogen-bond acceptors (Lipinski definition) is 4. The van der Waals surface area contributed by atoms with Crippen molar-refractivity contribution in [3.8, 4) is 5.75 Å². The Hall–Kier alpha value is -2.50. The van der Waals surface area contributed by atoms with Crippen molar-refractivity contribution in [2.24, 2.45) is 0 Å². The van der Waals surface area contributed by atoms with Crippen LogP contribution in [-0.4, -0.2) is 53.1 Å². The lowest BCUT2D eigenvalue weighted by Gasteiger charge is -2.22. The van der Waals surface area contributed by atoms with Crippen LogP contribution >= 0.6 is 0 Å². The molecule has 2 aliphatic rings. The molecule has 0 spiro atoms. The minimum absolute atomic E-state index is 0.0220. The van der Waals surface area contributed by atoms with E-state index in [1.165, 1.54) is 12.8 Å². The first kappa shape index (κ1) is 16.0. The van der Waals surface area contributed by atoms with Gasteiger partial charge in [0, 0.05) is 44.1 Å². The average Bonchev–Trinajstić information content (AvgIpc) is 3.36. The summed E-state index contributed by atoms with van der Waals surface area (Å²) < 4.78 is 6.24. The van der Waals surface area contributed by atoms with Crippen molar-refractivity contribution in [3.05, 3.63) is 41.9 Å². The summed E-state index contributed by atoms with van der Waals surface area (Å²) in [6, 6.07) is 5.75. The van der Waals surface area contributed by atoms with Crippen molar-refractivity contribution in [1.29, 1.82) is 0 Å². The molecular weight excluding hydrogens is 316 g/mol. The molecule has 4 rings (SSSR count). The first-order valence-corrected chi connectivity index (χ1v) is 9.02. The minimum Gasteiger partial charge on any atom is -0.485 e. The number of carbonyl (C=O) groups is 1. The number of ether oxygens (including phenoxy) is 1. The van der Waals surface area contributed by atoms with E-state index in [9.17, 15) is 4.79 Å². The van der Waals surface area contributed by atoms with Gasteiger partial charge in [0.1, 0.15) is 6.10 Å². The summed E-state index contributed by atoms with van der Waals surface area (Å²) in [6.07, 6.45) is 6.91. The third kappa shape index (κ3) is 3.21. The van der Waals surface area contributed by atoms with Crippen molar-refractivity contribution in [1.82, 2.24) is 14.9 Å². The Balaban J connectivity index is 1.43. The van der Waals surface area contributed by atoms with Crippen LogP contribution in [0.25, 0.3) is 0 Å². The molecule has 0 aliphatic carbocycles.